The van der Waals surface area contributed by atoms with Crippen LogP contribution in [0, 0.1) is 0 Å². The maximum absolute atomic E-state index is 12.9. The predicted octanol–water partition coefficient (Wildman–Crippen LogP) is 4.06. The van der Waals surface area contributed by atoms with E-state index in [2.05, 4.69) is 10.3 Å². The van der Waals surface area contributed by atoms with Crippen LogP contribution in [0.15, 0.2) is 42.5 Å². The van der Waals surface area contributed by atoms with Gasteiger partial charge in [-0.3, -0.25) is 0 Å². The monoisotopic (exact) mass is 408 g/mol. The van der Waals surface area contributed by atoms with Gasteiger partial charge < -0.3 is 24.7 Å². The van der Waals surface area contributed by atoms with Crippen LogP contribution in [0.3, 0.4) is 0 Å². The van der Waals surface area contributed by atoms with Gasteiger partial charge in [0.05, 0.1) is 31.3 Å². The third-order valence-corrected chi connectivity index (χ3v) is 5.62. The fraction of sp³-hybridized carbons (Fsp3) is 0.391. The Labute approximate surface area is 176 Å². The number of para-hydroxylation sites is 2. The van der Waals surface area contributed by atoms with E-state index in [9.17, 15) is 4.79 Å². The third kappa shape index (κ3) is 4.20. The number of rotatable bonds is 6. The van der Waals surface area contributed by atoms with Crippen molar-refractivity contribution in [2.45, 2.75) is 31.7 Å². The van der Waals surface area contributed by atoms with Crippen LogP contribution >= 0.6 is 0 Å². The van der Waals surface area contributed by atoms with Crippen molar-refractivity contribution in [1.82, 2.24) is 20.2 Å². The topological polar surface area (TPSA) is 79.5 Å². The SMILES string of the molecule is COc1ccc(CCNC(=O)N2CCCC[C@@H]2c2nc3ccccc3[nH]2)cc1OC. The molecule has 30 heavy (non-hydrogen) atoms. The number of methoxy groups -OCH3 is 2. The van der Waals surface area contributed by atoms with Gasteiger partial charge in [-0.05, 0) is 55.5 Å². The summed E-state index contributed by atoms with van der Waals surface area (Å²) < 4.78 is 10.6. The number of imidazole rings is 1. The number of nitrogens with one attached hydrogen (secondary N) is 2. The van der Waals surface area contributed by atoms with Crippen molar-refractivity contribution < 1.29 is 14.3 Å². The van der Waals surface area contributed by atoms with Crippen LogP contribution in [0.4, 0.5) is 4.79 Å². The van der Waals surface area contributed by atoms with E-state index < -0.39 is 0 Å². The van der Waals surface area contributed by atoms with E-state index in [4.69, 9.17) is 14.5 Å². The zero-order valence-electron chi connectivity index (χ0n) is 17.5. The maximum atomic E-state index is 12.9. The van der Waals surface area contributed by atoms with E-state index in [-0.39, 0.29) is 12.1 Å². The molecule has 1 aliphatic rings. The summed E-state index contributed by atoms with van der Waals surface area (Å²) in [7, 11) is 3.24. The Bertz CT molecular complexity index is 984. The number of nitrogens with zero attached hydrogens (tertiary/aromatic N) is 2. The molecule has 3 aromatic rings. The van der Waals surface area contributed by atoms with Gasteiger partial charge in [-0.1, -0.05) is 18.2 Å². The van der Waals surface area contributed by atoms with Gasteiger partial charge in [-0.25, -0.2) is 9.78 Å². The highest BCUT2D eigenvalue weighted by Gasteiger charge is 2.30. The Morgan fingerprint density at radius 1 is 1.17 bits per heavy atom. The first kappa shape index (κ1) is 20.1. The minimum absolute atomic E-state index is 0.0211. The van der Waals surface area contributed by atoms with Gasteiger partial charge in [0.1, 0.15) is 5.82 Å². The summed E-state index contributed by atoms with van der Waals surface area (Å²) >= 11 is 0. The minimum atomic E-state index is -0.0411. The number of aromatic nitrogens is 2. The van der Waals surface area contributed by atoms with Gasteiger partial charge >= 0.3 is 6.03 Å². The van der Waals surface area contributed by atoms with Crippen molar-refractivity contribution in [2.75, 3.05) is 27.3 Å². The molecule has 0 spiro atoms. The Hall–Kier alpha value is -3.22. The second kappa shape index (κ2) is 9.07. The van der Waals surface area contributed by atoms with Crippen LogP contribution in [-0.4, -0.2) is 48.2 Å². The number of carbonyl (C=O) groups is 1. The normalized spacial score (nSPS) is 16.5. The highest BCUT2D eigenvalue weighted by atomic mass is 16.5. The van der Waals surface area contributed by atoms with Crippen LogP contribution < -0.4 is 14.8 Å². The van der Waals surface area contributed by atoms with Crippen molar-refractivity contribution in [3.8, 4) is 11.5 Å². The number of piperidine rings is 1. The number of urea groups is 1. The van der Waals surface area contributed by atoms with E-state index in [1.54, 1.807) is 14.2 Å². The molecule has 1 aromatic heterocycles. The number of benzene rings is 2. The first-order chi connectivity index (χ1) is 14.7. The number of H-pyrrole nitrogens is 1. The molecule has 7 nitrogen and oxygen atoms in total. The third-order valence-electron chi connectivity index (χ3n) is 5.62. The molecule has 4 rings (SSSR count). The average molecular weight is 409 g/mol. The number of fused-ring (bicyclic) bond motifs is 1. The predicted molar refractivity (Wildman–Crippen MR) is 116 cm³/mol. The van der Waals surface area contributed by atoms with Gasteiger partial charge in [0, 0.05) is 13.1 Å². The smallest absolute Gasteiger partial charge is 0.318 e. The molecule has 1 saturated heterocycles. The lowest BCUT2D eigenvalue weighted by molar-refractivity contribution is 0.148. The van der Waals surface area contributed by atoms with Crippen molar-refractivity contribution >= 4 is 17.1 Å². The number of carbonyl (C=O) groups excluding carboxylic acids is 1. The van der Waals surface area contributed by atoms with Gasteiger partial charge in [-0.2, -0.15) is 0 Å². The molecule has 2 aromatic carbocycles. The second-order valence-electron chi connectivity index (χ2n) is 7.52. The summed E-state index contributed by atoms with van der Waals surface area (Å²) in [5, 5.41) is 3.07. The fourth-order valence-corrected chi connectivity index (χ4v) is 4.04. The van der Waals surface area contributed by atoms with Crippen LogP contribution in [0.25, 0.3) is 11.0 Å². The molecule has 2 heterocycles. The summed E-state index contributed by atoms with van der Waals surface area (Å²) in [6.45, 7) is 1.29. The summed E-state index contributed by atoms with van der Waals surface area (Å²) in [5.74, 6) is 2.26. The van der Waals surface area contributed by atoms with Crippen molar-refractivity contribution in [1.29, 1.82) is 0 Å². The van der Waals surface area contributed by atoms with E-state index in [0.29, 0.717) is 18.0 Å². The number of hydrogen-bond donors (Lipinski definition) is 2. The van der Waals surface area contributed by atoms with E-state index >= 15 is 0 Å². The van der Waals surface area contributed by atoms with E-state index in [1.165, 1.54) is 0 Å². The van der Waals surface area contributed by atoms with Crippen LogP contribution in [0.5, 0.6) is 11.5 Å². The summed E-state index contributed by atoms with van der Waals surface area (Å²) in [6, 6.07) is 13.7. The van der Waals surface area contributed by atoms with Crippen LogP contribution in [0.2, 0.25) is 0 Å². The van der Waals surface area contributed by atoms with E-state index in [0.717, 1.165) is 54.6 Å². The zero-order valence-corrected chi connectivity index (χ0v) is 17.5. The van der Waals surface area contributed by atoms with Gasteiger partial charge in [0.25, 0.3) is 0 Å². The average Bonchev–Trinajstić information content (AvgIpc) is 3.23. The molecule has 1 fully saturated rings. The summed E-state index contributed by atoms with van der Waals surface area (Å²) in [6.07, 6.45) is 3.75. The highest BCUT2D eigenvalue weighted by Crippen LogP contribution is 2.31. The summed E-state index contributed by atoms with van der Waals surface area (Å²) in [5.41, 5.74) is 3.03. The Kier molecular flexibility index (Phi) is 6.07. The largest absolute Gasteiger partial charge is 0.493 e. The molecular weight excluding hydrogens is 380 g/mol. The standard InChI is InChI=1S/C23H28N4O3/c1-29-20-11-10-16(15-21(20)30-2)12-13-24-23(28)27-14-6-5-9-19(27)22-25-17-7-3-4-8-18(17)26-22/h3-4,7-8,10-11,15,19H,5-6,9,12-14H2,1-2H3,(H,24,28)(H,25,26)/t19-/m1/s1. The quantitative estimate of drug-likeness (QED) is 0.645. The number of amides is 2. The van der Waals surface area contributed by atoms with Gasteiger partial charge in [0.15, 0.2) is 11.5 Å². The first-order valence-electron chi connectivity index (χ1n) is 10.4. The Balaban J connectivity index is 1.40. The van der Waals surface area contributed by atoms with Crippen molar-refractivity contribution in [3.05, 3.63) is 53.9 Å². The Morgan fingerprint density at radius 3 is 2.80 bits per heavy atom. The molecule has 158 valence electrons. The fourth-order valence-electron chi connectivity index (χ4n) is 4.04. The zero-order chi connectivity index (χ0) is 20.9. The summed E-state index contributed by atoms with van der Waals surface area (Å²) in [4.78, 5) is 23.0. The van der Waals surface area contributed by atoms with Crippen molar-refractivity contribution in [3.63, 3.8) is 0 Å². The van der Waals surface area contributed by atoms with Crippen molar-refractivity contribution in [2.24, 2.45) is 0 Å². The molecular formula is C23H28N4O3. The van der Waals surface area contributed by atoms with Crippen LogP contribution in [-0.2, 0) is 6.42 Å². The molecule has 2 amide bonds. The molecule has 2 N–H and O–H groups in total. The minimum Gasteiger partial charge on any atom is -0.493 e. The molecule has 1 aliphatic heterocycles. The number of hydrogen-bond acceptors (Lipinski definition) is 4. The van der Waals surface area contributed by atoms with Gasteiger partial charge in [0.2, 0.25) is 0 Å². The molecule has 0 saturated carbocycles. The molecule has 0 radical (unpaired) electrons. The first-order valence-corrected chi connectivity index (χ1v) is 10.4. The molecule has 0 unspecified atom stereocenters. The Morgan fingerprint density at radius 2 is 2.00 bits per heavy atom. The second-order valence-corrected chi connectivity index (χ2v) is 7.52. The lowest BCUT2D eigenvalue weighted by Crippen LogP contribution is -2.45. The van der Waals surface area contributed by atoms with Gasteiger partial charge in [-0.15, -0.1) is 0 Å². The number of likely N-dealkylation sites (tertiary alicyclic amines) is 1. The number of aromatic amines is 1. The lowest BCUT2D eigenvalue weighted by Gasteiger charge is -2.34. The molecule has 0 aliphatic carbocycles. The lowest BCUT2D eigenvalue weighted by atomic mass is 10.0. The molecule has 0 bridgehead atoms. The highest BCUT2D eigenvalue weighted by molar-refractivity contribution is 5.76. The molecule has 1 atom stereocenters. The van der Waals surface area contributed by atoms with E-state index in [1.807, 2.05) is 47.4 Å². The molecule has 7 heteroatoms. The maximum Gasteiger partial charge on any atom is 0.318 e. The number of ether oxygens (including phenoxy) is 2. The van der Waals surface area contributed by atoms with Crippen LogP contribution in [0.1, 0.15) is 36.7 Å².